The van der Waals surface area contributed by atoms with Gasteiger partial charge in [0.25, 0.3) is 0 Å². The predicted molar refractivity (Wildman–Crippen MR) is 99.1 cm³/mol. The lowest BCUT2D eigenvalue weighted by molar-refractivity contribution is 0.571. The van der Waals surface area contributed by atoms with Crippen molar-refractivity contribution in [1.29, 1.82) is 0 Å². The molecule has 0 aliphatic carbocycles. The zero-order valence-electron chi connectivity index (χ0n) is 14.7. The number of rotatable bonds is 7. The van der Waals surface area contributed by atoms with Crippen LogP contribution in [-0.4, -0.2) is 44.5 Å². The number of oxazole rings is 1. The van der Waals surface area contributed by atoms with E-state index in [4.69, 9.17) is 4.42 Å². The Balaban J connectivity index is 1.86. The Labute approximate surface area is 148 Å². The van der Waals surface area contributed by atoms with Gasteiger partial charge in [0, 0.05) is 24.9 Å². The molecule has 1 aromatic carbocycles. The number of benzene rings is 1. The van der Waals surface area contributed by atoms with E-state index in [1.165, 1.54) is 6.26 Å². The van der Waals surface area contributed by atoms with Crippen LogP contribution < -0.4 is 10.6 Å². The molecule has 1 unspecified atom stereocenters. The first-order valence-corrected chi connectivity index (χ1v) is 10.1. The van der Waals surface area contributed by atoms with E-state index >= 15 is 0 Å². The minimum absolute atomic E-state index is 0.0156. The maximum atomic E-state index is 11.2. The second kappa shape index (κ2) is 8.66. The molecule has 1 atom stereocenters. The molecule has 0 radical (unpaired) electrons. The lowest BCUT2D eigenvalue weighted by atomic mass is 10.2. The van der Waals surface area contributed by atoms with Crippen LogP contribution >= 0.6 is 0 Å². The molecular formula is C17H24N4O3S. The molecule has 2 N–H and O–H groups in total. The number of aromatic nitrogens is 1. The minimum Gasteiger partial charge on any atom is -0.444 e. The van der Waals surface area contributed by atoms with Crippen molar-refractivity contribution in [3.63, 3.8) is 0 Å². The second-order valence-electron chi connectivity index (χ2n) is 5.90. The third-order valence-electron chi connectivity index (χ3n) is 3.54. The topological polar surface area (TPSA) is 96.6 Å². The van der Waals surface area contributed by atoms with Crippen LogP contribution in [0.4, 0.5) is 0 Å². The Morgan fingerprint density at radius 2 is 2.04 bits per heavy atom. The number of hydrogen-bond acceptors (Lipinski definition) is 5. The molecular weight excluding hydrogens is 340 g/mol. The Kier molecular flexibility index (Phi) is 6.58. The van der Waals surface area contributed by atoms with E-state index in [-0.39, 0.29) is 11.8 Å². The standard InChI is InChI=1S/C17H24N4O3S/c1-13(9-10-25(3,22)23)20-17(18-2)19-11-15-12-24-16(21-15)14-7-5-4-6-8-14/h4-8,12-13H,9-11H2,1-3H3,(H2,18,19,20). The highest BCUT2D eigenvalue weighted by Gasteiger charge is 2.11. The van der Waals surface area contributed by atoms with Gasteiger partial charge in [0.05, 0.1) is 18.0 Å². The predicted octanol–water partition coefficient (Wildman–Crippen LogP) is 1.83. The van der Waals surface area contributed by atoms with Gasteiger partial charge < -0.3 is 15.1 Å². The average molecular weight is 364 g/mol. The van der Waals surface area contributed by atoms with E-state index in [0.717, 1.165) is 11.3 Å². The summed E-state index contributed by atoms with van der Waals surface area (Å²) in [5.41, 5.74) is 1.68. The average Bonchev–Trinajstić information content (AvgIpc) is 3.06. The Hall–Kier alpha value is -2.35. The summed E-state index contributed by atoms with van der Waals surface area (Å²) in [6.45, 7) is 2.37. The molecule has 0 saturated carbocycles. The van der Waals surface area contributed by atoms with Crippen LogP contribution in [0.1, 0.15) is 19.0 Å². The van der Waals surface area contributed by atoms with Gasteiger partial charge in [-0.25, -0.2) is 13.4 Å². The first kappa shape index (κ1) is 19.0. The third-order valence-corrected chi connectivity index (χ3v) is 4.52. The van der Waals surface area contributed by atoms with Crippen LogP contribution in [0.5, 0.6) is 0 Å². The van der Waals surface area contributed by atoms with E-state index in [2.05, 4.69) is 20.6 Å². The fourth-order valence-corrected chi connectivity index (χ4v) is 2.95. The smallest absolute Gasteiger partial charge is 0.226 e. The van der Waals surface area contributed by atoms with Crippen LogP contribution in [0.25, 0.3) is 11.5 Å². The van der Waals surface area contributed by atoms with Gasteiger partial charge in [-0.05, 0) is 25.5 Å². The van der Waals surface area contributed by atoms with Crippen LogP contribution in [0.2, 0.25) is 0 Å². The highest BCUT2D eigenvalue weighted by Crippen LogP contribution is 2.17. The first-order valence-electron chi connectivity index (χ1n) is 8.02. The molecule has 0 spiro atoms. The van der Waals surface area contributed by atoms with Gasteiger partial charge in [0.1, 0.15) is 16.1 Å². The molecule has 136 valence electrons. The normalized spacial score (nSPS) is 13.5. The van der Waals surface area contributed by atoms with Crippen LogP contribution in [0.15, 0.2) is 46.0 Å². The summed E-state index contributed by atoms with van der Waals surface area (Å²) in [5, 5.41) is 6.31. The summed E-state index contributed by atoms with van der Waals surface area (Å²) in [6, 6.07) is 9.66. The number of hydrogen-bond donors (Lipinski definition) is 2. The van der Waals surface area contributed by atoms with E-state index in [9.17, 15) is 8.42 Å². The van der Waals surface area contributed by atoms with Crippen LogP contribution in [0, 0.1) is 0 Å². The molecule has 0 saturated heterocycles. The largest absolute Gasteiger partial charge is 0.444 e. The van der Waals surface area contributed by atoms with Crippen molar-refractivity contribution in [3.8, 4) is 11.5 Å². The maximum absolute atomic E-state index is 11.2. The van der Waals surface area contributed by atoms with Gasteiger partial charge in [0.15, 0.2) is 5.96 Å². The van der Waals surface area contributed by atoms with Crippen LogP contribution in [-0.2, 0) is 16.4 Å². The van der Waals surface area contributed by atoms with Crippen molar-refractivity contribution in [2.24, 2.45) is 4.99 Å². The summed E-state index contributed by atoms with van der Waals surface area (Å²) in [6.07, 6.45) is 3.36. The van der Waals surface area contributed by atoms with Gasteiger partial charge in [-0.2, -0.15) is 0 Å². The lowest BCUT2D eigenvalue weighted by Crippen LogP contribution is -2.42. The summed E-state index contributed by atoms with van der Waals surface area (Å²) in [7, 11) is -1.30. The monoisotopic (exact) mass is 364 g/mol. The molecule has 25 heavy (non-hydrogen) atoms. The molecule has 1 heterocycles. The fraction of sp³-hybridized carbons (Fsp3) is 0.412. The Morgan fingerprint density at radius 1 is 1.32 bits per heavy atom. The number of guanidine groups is 1. The second-order valence-corrected chi connectivity index (χ2v) is 8.16. The zero-order chi connectivity index (χ0) is 18.3. The molecule has 0 bridgehead atoms. The molecule has 2 rings (SSSR count). The summed E-state index contributed by atoms with van der Waals surface area (Å²) >= 11 is 0. The highest BCUT2D eigenvalue weighted by atomic mass is 32.2. The zero-order valence-corrected chi connectivity index (χ0v) is 15.5. The SMILES string of the molecule is CN=C(NCc1coc(-c2ccccc2)n1)NC(C)CCS(C)(=O)=O. The van der Waals surface area contributed by atoms with E-state index in [1.54, 1.807) is 13.3 Å². The minimum atomic E-state index is -2.96. The first-order chi connectivity index (χ1) is 11.9. The number of sulfone groups is 1. The van der Waals surface area contributed by atoms with Crippen molar-refractivity contribution >= 4 is 15.8 Å². The molecule has 8 heteroatoms. The molecule has 2 aromatic rings. The maximum Gasteiger partial charge on any atom is 0.226 e. The molecule has 7 nitrogen and oxygen atoms in total. The fourth-order valence-electron chi connectivity index (χ4n) is 2.17. The van der Waals surface area contributed by atoms with Crippen LogP contribution in [0.3, 0.4) is 0 Å². The van der Waals surface area contributed by atoms with Crippen molar-refractivity contribution < 1.29 is 12.8 Å². The number of nitrogens with zero attached hydrogens (tertiary/aromatic N) is 2. The number of aliphatic imine (C=N–C) groups is 1. The molecule has 0 aliphatic rings. The van der Waals surface area contributed by atoms with Gasteiger partial charge in [0.2, 0.25) is 5.89 Å². The van der Waals surface area contributed by atoms with Crippen molar-refractivity contribution in [2.45, 2.75) is 25.9 Å². The Morgan fingerprint density at radius 3 is 2.68 bits per heavy atom. The molecule has 0 fully saturated rings. The van der Waals surface area contributed by atoms with Crippen molar-refractivity contribution in [1.82, 2.24) is 15.6 Å². The molecule has 0 amide bonds. The quantitative estimate of drug-likeness (QED) is 0.575. The van der Waals surface area contributed by atoms with Gasteiger partial charge >= 0.3 is 0 Å². The molecule has 1 aromatic heterocycles. The molecule has 0 aliphatic heterocycles. The van der Waals surface area contributed by atoms with Gasteiger partial charge in [-0.15, -0.1) is 0 Å². The summed E-state index contributed by atoms with van der Waals surface area (Å²) in [5.74, 6) is 1.30. The summed E-state index contributed by atoms with van der Waals surface area (Å²) < 4.78 is 28.0. The third kappa shape index (κ3) is 6.58. The summed E-state index contributed by atoms with van der Waals surface area (Å²) in [4.78, 5) is 8.58. The van der Waals surface area contributed by atoms with Crippen molar-refractivity contribution in [3.05, 3.63) is 42.3 Å². The Bertz CT molecular complexity index is 800. The van der Waals surface area contributed by atoms with Gasteiger partial charge in [-0.1, -0.05) is 18.2 Å². The van der Waals surface area contributed by atoms with E-state index < -0.39 is 9.84 Å². The lowest BCUT2D eigenvalue weighted by Gasteiger charge is -2.17. The highest BCUT2D eigenvalue weighted by molar-refractivity contribution is 7.90. The van der Waals surface area contributed by atoms with E-state index in [0.29, 0.717) is 24.8 Å². The van der Waals surface area contributed by atoms with E-state index in [1.807, 2.05) is 37.3 Å². The van der Waals surface area contributed by atoms with Gasteiger partial charge in [-0.3, -0.25) is 4.99 Å². The number of nitrogens with one attached hydrogen (secondary N) is 2. The van der Waals surface area contributed by atoms with Crippen molar-refractivity contribution in [2.75, 3.05) is 19.1 Å².